The normalized spacial score (nSPS) is 15.7. The Hall–Kier alpha value is -6.50. The summed E-state index contributed by atoms with van der Waals surface area (Å²) in [6.07, 6.45) is 9.81. The molecule has 2 aliphatic rings. The zero-order valence-corrected chi connectivity index (χ0v) is 34.8. The van der Waals surface area contributed by atoms with Crippen molar-refractivity contribution in [2.75, 3.05) is 57.1 Å². The van der Waals surface area contributed by atoms with Crippen LogP contribution in [0.2, 0.25) is 0 Å². The smallest absolute Gasteiger partial charge is 0.337 e. The Kier molecular flexibility index (Phi) is 12.8. The number of methoxy groups -OCH3 is 3. The van der Waals surface area contributed by atoms with Crippen molar-refractivity contribution < 1.29 is 42.9 Å². The van der Waals surface area contributed by atoms with E-state index in [0.717, 1.165) is 39.5 Å². The molecule has 0 unspecified atom stereocenters. The number of nitrogens with zero attached hydrogens (tertiary/aromatic N) is 2. The number of benzene rings is 4. The van der Waals surface area contributed by atoms with Gasteiger partial charge in [-0.05, 0) is 73.5 Å². The molecule has 0 bridgehead atoms. The zero-order valence-electron chi connectivity index (χ0n) is 34.8. The molecular formula is C47H51N4O8+. The summed E-state index contributed by atoms with van der Waals surface area (Å²) in [6, 6.07) is 26.0. The molecule has 0 saturated carbocycles. The minimum Gasteiger partial charge on any atom is -0.495 e. The van der Waals surface area contributed by atoms with Crippen molar-refractivity contribution in [2.45, 2.75) is 45.1 Å². The number of para-hydroxylation sites is 4. The van der Waals surface area contributed by atoms with Crippen molar-refractivity contribution in [1.82, 2.24) is 0 Å². The van der Waals surface area contributed by atoms with Crippen molar-refractivity contribution in [3.63, 3.8) is 0 Å². The molecule has 12 nitrogen and oxygen atoms in total. The number of rotatable bonds is 15. The van der Waals surface area contributed by atoms with Crippen LogP contribution in [0.15, 0.2) is 121 Å². The van der Waals surface area contributed by atoms with E-state index in [1.807, 2.05) is 88.4 Å². The van der Waals surface area contributed by atoms with Crippen molar-refractivity contribution in [3.05, 3.63) is 143 Å². The number of nitrogens with one attached hydrogen (secondary N) is 2. The average Bonchev–Trinajstić information content (AvgIpc) is 3.56. The standard InChI is InChI=1S/C47H50N4O8/c1-46(2)33-26-31(30-59-58-8)22-24-37(33)50(28-43(52)48-35-16-12-14-18-39(35)55-5)41(46)20-10-9-11-21-42-47(3,4)34-27-32(45(54)57-7)23-25-38(34)51(42)29-44(53)49-36-17-13-15-19-40(36)56-6/h9-27H,28-30H2,1-8H3,(H-,48,49,52,53)/p+1. The quantitative estimate of drug-likeness (QED) is 0.0404. The number of esters is 1. The molecule has 2 N–H and O–H groups in total. The molecule has 4 aromatic rings. The van der Waals surface area contributed by atoms with Gasteiger partial charge in [-0.1, -0.05) is 68.5 Å². The molecule has 0 radical (unpaired) electrons. The maximum Gasteiger partial charge on any atom is 0.337 e. The van der Waals surface area contributed by atoms with Crippen LogP contribution in [0.5, 0.6) is 11.5 Å². The molecule has 59 heavy (non-hydrogen) atoms. The van der Waals surface area contributed by atoms with Crippen LogP contribution < -0.4 is 25.0 Å². The fourth-order valence-corrected chi connectivity index (χ4v) is 7.72. The molecule has 2 aliphatic heterocycles. The van der Waals surface area contributed by atoms with Crippen LogP contribution in [0.25, 0.3) is 0 Å². The largest absolute Gasteiger partial charge is 0.495 e. The molecule has 2 amide bonds. The Balaban J connectivity index is 1.33. The number of anilines is 3. The first-order valence-electron chi connectivity index (χ1n) is 19.2. The number of carbonyl (C=O) groups excluding carboxylic acids is 3. The van der Waals surface area contributed by atoms with Crippen LogP contribution in [0, 0.1) is 0 Å². The van der Waals surface area contributed by atoms with Crippen LogP contribution in [-0.2, 0) is 41.5 Å². The summed E-state index contributed by atoms with van der Waals surface area (Å²) in [5, 5.41) is 6.00. The molecule has 6 rings (SSSR count). The number of fused-ring (bicyclic) bond motifs is 2. The zero-order chi connectivity index (χ0) is 42.3. The Bertz CT molecular complexity index is 2370. The number of ether oxygens (including phenoxy) is 3. The van der Waals surface area contributed by atoms with Gasteiger partial charge in [-0.2, -0.15) is 4.58 Å². The second kappa shape index (κ2) is 18.0. The fraction of sp³-hybridized carbons (Fsp3) is 0.277. The number of allylic oxidation sites excluding steroid dienone is 6. The molecule has 12 heteroatoms. The van der Waals surface area contributed by atoms with E-state index in [1.54, 1.807) is 44.6 Å². The second-order valence-corrected chi connectivity index (χ2v) is 15.1. The highest BCUT2D eigenvalue weighted by Crippen LogP contribution is 2.48. The summed E-state index contributed by atoms with van der Waals surface area (Å²) >= 11 is 0. The van der Waals surface area contributed by atoms with Gasteiger partial charge in [0.2, 0.25) is 18.1 Å². The highest BCUT2D eigenvalue weighted by molar-refractivity contribution is 6.05. The van der Waals surface area contributed by atoms with Gasteiger partial charge in [-0.15, -0.1) is 0 Å². The Morgan fingerprint density at radius 2 is 1.39 bits per heavy atom. The van der Waals surface area contributed by atoms with Gasteiger partial charge in [0.25, 0.3) is 5.91 Å². The molecule has 306 valence electrons. The van der Waals surface area contributed by atoms with Gasteiger partial charge in [0.1, 0.15) is 24.7 Å². The molecule has 2 heterocycles. The van der Waals surface area contributed by atoms with Crippen molar-refractivity contribution >= 4 is 46.2 Å². The summed E-state index contributed by atoms with van der Waals surface area (Å²) in [5.41, 5.74) is 6.88. The third kappa shape index (κ3) is 8.84. The molecular weight excluding hydrogens is 749 g/mol. The average molecular weight is 800 g/mol. The first kappa shape index (κ1) is 42.1. The first-order chi connectivity index (χ1) is 28.3. The van der Waals surface area contributed by atoms with E-state index < -0.39 is 16.8 Å². The first-order valence-corrected chi connectivity index (χ1v) is 19.2. The third-order valence-corrected chi connectivity index (χ3v) is 10.7. The summed E-state index contributed by atoms with van der Waals surface area (Å²) in [7, 11) is 5.96. The Morgan fingerprint density at radius 1 is 0.729 bits per heavy atom. The van der Waals surface area contributed by atoms with Crippen molar-refractivity contribution in [3.8, 4) is 11.5 Å². The highest BCUT2D eigenvalue weighted by atomic mass is 17.2. The lowest BCUT2D eigenvalue weighted by molar-refractivity contribution is -0.424. The van der Waals surface area contributed by atoms with Gasteiger partial charge < -0.3 is 29.7 Å². The number of carbonyl (C=O) groups is 3. The van der Waals surface area contributed by atoms with Gasteiger partial charge >= 0.3 is 5.97 Å². The highest BCUT2D eigenvalue weighted by Gasteiger charge is 2.45. The summed E-state index contributed by atoms with van der Waals surface area (Å²) in [6.45, 7) is 8.73. The van der Waals surface area contributed by atoms with Crippen LogP contribution in [0.1, 0.15) is 54.7 Å². The van der Waals surface area contributed by atoms with Crippen molar-refractivity contribution in [2.24, 2.45) is 0 Å². The Labute approximate surface area is 345 Å². The molecule has 0 aromatic heterocycles. The van der Waals surface area contributed by atoms with Crippen molar-refractivity contribution in [1.29, 1.82) is 0 Å². The van der Waals surface area contributed by atoms with E-state index in [-0.39, 0.29) is 31.5 Å². The van der Waals surface area contributed by atoms with E-state index in [9.17, 15) is 14.4 Å². The van der Waals surface area contributed by atoms with E-state index in [0.29, 0.717) is 28.4 Å². The summed E-state index contributed by atoms with van der Waals surface area (Å²) in [4.78, 5) is 51.9. The summed E-state index contributed by atoms with van der Waals surface area (Å²) in [5.74, 6) is 0.244. The third-order valence-electron chi connectivity index (χ3n) is 10.7. The Morgan fingerprint density at radius 3 is 2.03 bits per heavy atom. The van der Waals surface area contributed by atoms with Gasteiger partial charge in [-0.3, -0.25) is 9.59 Å². The fourth-order valence-electron chi connectivity index (χ4n) is 7.72. The maximum absolute atomic E-state index is 13.6. The van der Waals surface area contributed by atoms with Crippen LogP contribution in [0.3, 0.4) is 0 Å². The molecule has 0 saturated heterocycles. The van der Waals surface area contributed by atoms with E-state index in [2.05, 4.69) is 44.4 Å². The molecule has 4 aromatic carbocycles. The lowest BCUT2D eigenvalue weighted by atomic mass is 9.81. The number of hydrogen-bond donors (Lipinski definition) is 2. The van der Waals surface area contributed by atoms with E-state index >= 15 is 0 Å². The van der Waals surface area contributed by atoms with Gasteiger partial charge in [0.05, 0.1) is 50.8 Å². The lowest BCUT2D eigenvalue weighted by Gasteiger charge is -2.26. The number of amides is 2. The topological polar surface area (TPSA) is 128 Å². The van der Waals surface area contributed by atoms with Gasteiger partial charge in [0, 0.05) is 34.5 Å². The minimum atomic E-state index is -0.586. The molecule has 0 aliphatic carbocycles. The summed E-state index contributed by atoms with van der Waals surface area (Å²) < 4.78 is 17.9. The SMILES string of the molecule is COOCc1ccc2c(c1)C(C)(C)\C(=C/C=C/C=C/C1=[N+](CC(=O)Nc3ccccc3OC)c3ccc(C(=O)OC)cc3C1(C)C)N2CC(=O)Nc1ccccc1OC. The lowest BCUT2D eigenvalue weighted by Crippen LogP contribution is -2.33. The van der Waals surface area contributed by atoms with Gasteiger partial charge in [-0.25, -0.2) is 14.6 Å². The van der Waals surface area contributed by atoms with E-state index in [1.165, 1.54) is 14.2 Å². The minimum absolute atomic E-state index is 0.00915. The monoisotopic (exact) mass is 799 g/mol. The van der Waals surface area contributed by atoms with Crippen LogP contribution in [-0.4, -0.2) is 69.6 Å². The molecule has 0 fully saturated rings. The van der Waals surface area contributed by atoms with Crippen LogP contribution in [0.4, 0.5) is 22.7 Å². The molecule has 0 atom stereocenters. The number of hydrogen-bond acceptors (Lipinski definition) is 9. The van der Waals surface area contributed by atoms with Gasteiger partial charge in [0.15, 0.2) is 5.71 Å². The predicted octanol–water partition coefficient (Wildman–Crippen LogP) is 8.02. The van der Waals surface area contributed by atoms with Crippen LogP contribution >= 0.6 is 0 Å². The second-order valence-electron chi connectivity index (χ2n) is 15.1. The predicted molar refractivity (Wildman–Crippen MR) is 229 cm³/mol. The maximum atomic E-state index is 13.6. The van der Waals surface area contributed by atoms with E-state index in [4.69, 9.17) is 24.0 Å². The molecule has 0 spiro atoms.